The molecule has 2 aliphatic heterocycles. The molecule has 1 spiro atoms. The molecular weight excluding hydrogens is 272 g/mol. The minimum atomic E-state index is -0.963. The molecule has 110 valence electrons. The van der Waals surface area contributed by atoms with Gasteiger partial charge in [0.2, 0.25) is 5.91 Å². The molecule has 0 bridgehead atoms. The molecule has 7 heteroatoms. The molecule has 4 amide bonds. The molecule has 1 aromatic rings. The van der Waals surface area contributed by atoms with Crippen LogP contribution in [0.4, 0.5) is 10.5 Å². The van der Waals surface area contributed by atoms with Crippen molar-refractivity contribution < 1.29 is 14.4 Å². The van der Waals surface area contributed by atoms with E-state index in [0.717, 1.165) is 5.56 Å². The third-order valence-corrected chi connectivity index (χ3v) is 4.03. The minimum absolute atomic E-state index is 0.0984. The Morgan fingerprint density at radius 3 is 2.76 bits per heavy atom. The molecule has 3 rings (SSSR count). The van der Waals surface area contributed by atoms with E-state index in [1.807, 2.05) is 18.2 Å². The van der Waals surface area contributed by atoms with Crippen LogP contribution in [0.1, 0.15) is 12.0 Å². The van der Waals surface area contributed by atoms with E-state index in [-0.39, 0.29) is 24.8 Å². The Hall–Kier alpha value is -2.57. The second-order valence-electron chi connectivity index (χ2n) is 5.43. The summed E-state index contributed by atoms with van der Waals surface area (Å²) in [7, 11) is 0. The quantitative estimate of drug-likeness (QED) is 0.509. The standard InChI is InChI=1S/C14H16N4O3/c15-10-4-2-1-3-9(10)7-11(19)18-6-5-14(8-18)12(20)16-13(21)17-14/h1-4H,5-8,15H2,(H2,16,17,20,21). The summed E-state index contributed by atoms with van der Waals surface area (Å²) in [5.74, 6) is -0.458. The van der Waals surface area contributed by atoms with E-state index >= 15 is 0 Å². The van der Waals surface area contributed by atoms with Crippen LogP contribution in [0.25, 0.3) is 0 Å². The van der Waals surface area contributed by atoms with E-state index in [9.17, 15) is 14.4 Å². The number of imide groups is 1. The fraction of sp³-hybridized carbons (Fsp3) is 0.357. The number of hydrogen-bond donors (Lipinski definition) is 3. The van der Waals surface area contributed by atoms with Crippen LogP contribution in [0, 0.1) is 0 Å². The summed E-state index contributed by atoms with van der Waals surface area (Å²) in [4.78, 5) is 37.0. The summed E-state index contributed by atoms with van der Waals surface area (Å²) in [6.07, 6.45) is 0.624. The first-order chi connectivity index (χ1) is 10.00. The Balaban J connectivity index is 1.69. The normalized spacial score (nSPS) is 24.3. The van der Waals surface area contributed by atoms with E-state index in [1.54, 1.807) is 11.0 Å². The summed E-state index contributed by atoms with van der Waals surface area (Å²) < 4.78 is 0. The molecule has 4 N–H and O–H groups in total. The summed E-state index contributed by atoms with van der Waals surface area (Å²) in [5.41, 5.74) is 6.21. The highest BCUT2D eigenvalue weighted by molar-refractivity contribution is 6.07. The zero-order valence-corrected chi connectivity index (χ0v) is 11.4. The third kappa shape index (κ3) is 2.31. The lowest BCUT2D eigenvalue weighted by Gasteiger charge is -2.21. The highest BCUT2D eigenvalue weighted by Gasteiger charge is 2.51. The Bertz CT molecular complexity index is 630. The number of carbonyl (C=O) groups is 3. The molecule has 1 aromatic carbocycles. The van der Waals surface area contributed by atoms with Gasteiger partial charge >= 0.3 is 6.03 Å². The van der Waals surface area contributed by atoms with Gasteiger partial charge in [0.25, 0.3) is 5.91 Å². The van der Waals surface area contributed by atoms with Crippen molar-refractivity contribution in [3.8, 4) is 0 Å². The summed E-state index contributed by atoms with van der Waals surface area (Å²) in [6, 6.07) is 6.70. The lowest BCUT2D eigenvalue weighted by atomic mass is 9.99. The van der Waals surface area contributed by atoms with Crippen molar-refractivity contribution in [1.29, 1.82) is 0 Å². The summed E-state index contributed by atoms with van der Waals surface area (Å²) in [5, 5.41) is 4.84. The first-order valence-corrected chi connectivity index (χ1v) is 6.75. The maximum atomic E-state index is 12.3. The van der Waals surface area contributed by atoms with Gasteiger partial charge in [-0.1, -0.05) is 18.2 Å². The molecule has 0 aromatic heterocycles. The predicted octanol–water partition coefficient (Wildman–Crippen LogP) is -0.378. The van der Waals surface area contributed by atoms with Gasteiger partial charge in [-0.2, -0.15) is 0 Å². The maximum Gasteiger partial charge on any atom is 0.322 e. The molecule has 0 aliphatic carbocycles. The number of nitrogens with zero attached hydrogens (tertiary/aromatic N) is 1. The number of para-hydroxylation sites is 1. The molecule has 1 unspecified atom stereocenters. The number of carbonyl (C=O) groups excluding carboxylic acids is 3. The lowest BCUT2D eigenvalue weighted by Crippen LogP contribution is -2.49. The Morgan fingerprint density at radius 2 is 2.10 bits per heavy atom. The minimum Gasteiger partial charge on any atom is -0.398 e. The van der Waals surface area contributed by atoms with Gasteiger partial charge in [-0.25, -0.2) is 4.79 Å². The van der Waals surface area contributed by atoms with Gasteiger partial charge in [-0.15, -0.1) is 0 Å². The molecule has 21 heavy (non-hydrogen) atoms. The number of likely N-dealkylation sites (tertiary alicyclic amines) is 1. The van der Waals surface area contributed by atoms with Gasteiger partial charge in [-0.05, 0) is 18.1 Å². The summed E-state index contributed by atoms with van der Waals surface area (Å²) in [6.45, 7) is 0.648. The molecule has 0 radical (unpaired) electrons. The molecule has 2 heterocycles. The van der Waals surface area contributed by atoms with Gasteiger partial charge < -0.3 is 16.0 Å². The molecule has 0 saturated carbocycles. The monoisotopic (exact) mass is 288 g/mol. The third-order valence-electron chi connectivity index (χ3n) is 4.03. The largest absolute Gasteiger partial charge is 0.398 e. The summed E-state index contributed by atoms with van der Waals surface area (Å²) >= 11 is 0. The van der Waals surface area contributed by atoms with Gasteiger partial charge in [0.1, 0.15) is 5.54 Å². The lowest BCUT2D eigenvalue weighted by molar-refractivity contribution is -0.130. The van der Waals surface area contributed by atoms with Crippen molar-refractivity contribution in [2.75, 3.05) is 18.8 Å². The first kappa shape index (κ1) is 13.4. The number of urea groups is 1. The number of benzene rings is 1. The zero-order chi connectivity index (χ0) is 15.0. The number of nitrogens with one attached hydrogen (secondary N) is 2. The predicted molar refractivity (Wildman–Crippen MR) is 75.2 cm³/mol. The van der Waals surface area contributed by atoms with Crippen molar-refractivity contribution in [2.45, 2.75) is 18.4 Å². The molecular formula is C14H16N4O3. The van der Waals surface area contributed by atoms with Crippen LogP contribution in [0.2, 0.25) is 0 Å². The highest BCUT2D eigenvalue weighted by Crippen LogP contribution is 2.25. The van der Waals surface area contributed by atoms with Crippen molar-refractivity contribution in [2.24, 2.45) is 0 Å². The van der Waals surface area contributed by atoms with Crippen LogP contribution >= 0.6 is 0 Å². The van der Waals surface area contributed by atoms with Crippen LogP contribution in [0.3, 0.4) is 0 Å². The Labute approximate surface area is 121 Å². The number of amides is 4. The maximum absolute atomic E-state index is 12.3. The van der Waals surface area contributed by atoms with E-state index in [1.165, 1.54) is 0 Å². The van der Waals surface area contributed by atoms with Gasteiger partial charge in [-0.3, -0.25) is 14.9 Å². The fourth-order valence-electron chi connectivity index (χ4n) is 2.81. The Kier molecular flexibility index (Phi) is 3.04. The van der Waals surface area contributed by atoms with Crippen LogP contribution in [0.5, 0.6) is 0 Å². The average Bonchev–Trinajstić information content (AvgIpc) is 2.97. The number of anilines is 1. The number of nitrogens with two attached hydrogens (primary N) is 1. The van der Waals surface area contributed by atoms with Crippen molar-refractivity contribution in [3.05, 3.63) is 29.8 Å². The van der Waals surface area contributed by atoms with Crippen LogP contribution in [0.15, 0.2) is 24.3 Å². The topological polar surface area (TPSA) is 105 Å². The van der Waals surface area contributed by atoms with Gasteiger partial charge in [0, 0.05) is 12.2 Å². The zero-order valence-electron chi connectivity index (χ0n) is 11.4. The van der Waals surface area contributed by atoms with Crippen molar-refractivity contribution >= 4 is 23.5 Å². The highest BCUT2D eigenvalue weighted by atomic mass is 16.2. The fourth-order valence-corrected chi connectivity index (χ4v) is 2.81. The average molecular weight is 288 g/mol. The number of nitrogen functional groups attached to an aromatic ring is 1. The van der Waals surface area contributed by atoms with E-state index in [4.69, 9.17) is 5.73 Å². The molecule has 7 nitrogen and oxygen atoms in total. The number of hydrogen-bond acceptors (Lipinski definition) is 4. The molecule has 1 atom stereocenters. The Morgan fingerprint density at radius 1 is 1.33 bits per heavy atom. The SMILES string of the molecule is Nc1ccccc1CC(=O)N1CCC2(C1)NC(=O)NC2=O. The number of rotatable bonds is 2. The van der Waals surface area contributed by atoms with E-state index in [2.05, 4.69) is 10.6 Å². The van der Waals surface area contributed by atoms with Crippen LogP contribution < -0.4 is 16.4 Å². The van der Waals surface area contributed by atoms with Gasteiger partial charge in [0.05, 0.1) is 13.0 Å². The molecule has 2 saturated heterocycles. The molecule has 2 fully saturated rings. The van der Waals surface area contributed by atoms with E-state index < -0.39 is 11.6 Å². The van der Waals surface area contributed by atoms with Crippen molar-refractivity contribution in [3.63, 3.8) is 0 Å². The second kappa shape index (κ2) is 4.76. The van der Waals surface area contributed by atoms with Crippen molar-refractivity contribution in [1.82, 2.24) is 15.5 Å². The first-order valence-electron chi connectivity index (χ1n) is 6.75. The van der Waals surface area contributed by atoms with Gasteiger partial charge in [0.15, 0.2) is 0 Å². The van der Waals surface area contributed by atoms with E-state index in [0.29, 0.717) is 18.7 Å². The molecule has 2 aliphatic rings. The second-order valence-corrected chi connectivity index (χ2v) is 5.43. The smallest absolute Gasteiger partial charge is 0.322 e. The van der Waals surface area contributed by atoms with Crippen LogP contribution in [-0.2, 0) is 16.0 Å². The van der Waals surface area contributed by atoms with Crippen LogP contribution in [-0.4, -0.2) is 41.4 Å².